The lowest BCUT2D eigenvalue weighted by Gasteiger charge is -2.06. The van der Waals surface area contributed by atoms with Gasteiger partial charge in [-0.05, 0) is 37.3 Å². The van der Waals surface area contributed by atoms with Gasteiger partial charge in [0, 0.05) is 18.2 Å². The van der Waals surface area contributed by atoms with Gasteiger partial charge in [-0.1, -0.05) is 0 Å². The van der Waals surface area contributed by atoms with Crippen LogP contribution in [0, 0.1) is 11.3 Å². The Hall–Kier alpha value is -1.47. The van der Waals surface area contributed by atoms with Gasteiger partial charge in [-0.3, -0.25) is 0 Å². The van der Waals surface area contributed by atoms with Crippen LogP contribution in [-0.4, -0.2) is 21.6 Å². The summed E-state index contributed by atoms with van der Waals surface area (Å²) in [4.78, 5) is 4.72. The van der Waals surface area contributed by atoms with Crippen molar-refractivity contribution >= 4 is 22.8 Å². The van der Waals surface area contributed by atoms with E-state index in [1.807, 2.05) is 30.0 Å². The van der Waals surface area contributed by atoms with Gasteiger partial charge in [0.05, 0.1) is 22.7 Å². The Kier molecular flexibility index (Phi) is 3.00. The van der Waals surface area contributed by atoms with Crippen LogP contribution in [0.5, 0.6) is 0 Å². The van der Waals surface area contributed by atoms with E-state index >= 15 is 0 Å². The predicted molar refractivity (Wildman–Crippen MR) is 74.8 cm³/mol. The lowest BCUT2D eigenvalue weighted by Crippen LogP contribution is -2.02. The molecule has 0 saturated heterocycles. The van der Waals surface area contributed by atoms with Crippen LogP contribution in [0.25, 0.3) is 11.0 Å². The van der Waals surface area contributed by atoms with Gasteiger partial charge < -0.3 is 4.57 Å². The standard InChI is InChI=1S/C14H15N3S/c1-18-7-6-14-16-12-8-10(9-15)2-5-13(12)17(14)11-3-4-11/h2,5,8,11H,3-4,6-7H2,1H3. The molecule has 1 saturated carbocycles. The van der Waals surface area contributed by atoms with Crippen molar-refractivity contribution in [3.63, 3.8) is 0 Å². The molecule has 92 valence electrons. The molecule has 1 heterocycles. The lowest BCUT2D eigenvalue weighted by atomic mass is 10.2. The first kappa shape index (κ1) is 11.6. The monoisotopic (exact) mass is 257 g/mol. The molecule has 2 aromatic rings. The third-order valence-corrected chi connectivity index (χ3v) is 3.95. The highest BCUT2D eigenvalue weighted by Gasteiger charge is 2.27. The van der Waals surface area contributed by atoms with E-state index in [1.165, 1.54) is 24.2 Å². The average Bonchev–Trinajstić information content (AvgIpc) is 3.16. The maximum atomic E-state index is 8.95. The average molecular weight is 257 g/mol. The van der Waals surface area contributed by atoms with Crippen LogP contribution in [-0.2, 0) is 6.42 Å². The molecule has 0 N–H and O–H groups in total. The number of imidazole rings is 1. The van der Waals surface area contributed by atoms with Gasteiger partial charge in [0.25, 0.3) is 0 Å². The van der Waals surface area contributed by atoms with Gasteiger partial charge >= 0.3 is 0 Å². The van der Waals surface area contributed by atoms with Crippen LogP contribution in [0.3, 0.4) is 0 Å². The topological polar surface area (TPSA) is 41.6 Å². The van der Waals surface area contributed by atoms with Gasteiger partial charge in [0.2, 0.25) is 0 Å². The Morgan fingerprint density at radius 2 is 2.33 bits per heavy atom. The number of thioether (sulfide) groups is 1. The maximum absolute atomic E-state index is 8.95. The van der Waals surface area contributed by atoms with Crippen molar-refractivity contribution in [3.8, 4) is 6.07 Å². The predicted octanol–water partition coefficient (Wildman–Crippen LogP) is 3.15. The number of nitriles is 1. The smallest absolute Gasteiger partial charge is 0.110 e. The Balaban J connectivity index is 2.10. The number of hydrogen-bond donors (Lipinski definition) is 0. The first-order chi connectivity index (χ1) is 8.83. The molecule has 1 aliphatic rings. The van der Waals surface area contributed by atoms with E-state index in [-0.39, 0.29) is 0 Å². The van der Waals surface area contributed by atoms with Gasteiger partial charge in [-0.2, -0.15) is 17.0 Å². The fourth-order valence-corrected chi connectivity index (χ4v) is 2.71. The third kappa shape index (κ3) is 1.99. The summed E-state index contributed by atoms with van der Waals surface area (Å²) >= 11 is 1.85. The Bertz CT molecular complexity index is 620. The zero-order valence-electron chi connectivity index (χ0n) is 10.4. The molecule has 4 heteroatoms. The summed E-state index contributed by atoms with van der Waals surface area (Å²) < 4.78 is 2.38. The second-order valence-electron chi connectivity index (χ2n) is 4.69. The summed E-state index contributed by atoms with van der Waals surface area (Å²) in [6.45, 7) is 0. The maximum Gasteiger partial charge on any atom is 0.110 e. The largest absolute Gasteiger partial charge is 0.325 e. The molecule has 18 heavy (non-hydrogen) atoms. The normalized spacial score (nSPS) is 14.9. The van der Waals surface area contributed by atoms with E-state index in [2.05, 4.69) is 16.9 Å². The summed E-state index contributed by atoms with van der Waals surface area (Å²) in [6.07, 6.45) is 5.65. The number of hydrogen-bond acceptors (Lipinski definition) is 3. The van der Waals surface area contributed by atoms with Crippen LogP contribution >= 0.6 is 11.8 Å². The molecule has 3 nitrogen and oxygen atoms in total. The molecular weight excluding hydrogens is 242 g/mol. The van der Waals surface area contributed by atoms with Gasteiger partial charge in [-0.25, -0.2) is 4.98 Å². The molecule has 1 fully saturated rings. The molecule has 1 aromatic heterocycles. The van der Waals surface area contributed by atoms with Crippen molar-refractivity contribution in [3.05, 3.63) is 29.6 Å². The second-order valence-corrected chi connectivity index (χ2v) is 5.67. The van der Waals surface area contributed by atoms with E-state index in [0.29, 0.717) is 11.6 Å². The van der Waals surface area contributed by atoms with E-state index in [4.69, 9.17) is 10.2 Å². The molecular formula is C14H15N3S. The number of aryl methyl sites for hydroxylation is 1. The number of rotatable bonds is 4. The summed E-state index contributed by atoms with van der Waals surface area (Å²) in [5.41, 5.74) is 2.85. The van der Waals surface area contributed by atoms with Crippen molar-refractivity contribution in [2.45, 2.75) is 25.3 Å². The van der Waals surface area contributed by atoms with Crippen LogP contribution in [0.1, 0.15) is 30.3 Å². The van der Waals surface area contributed by atoms with E-state index in [1.54, 1.807) is 0 Å². The molecule has 0 amide bonds. The number of benzene rings is 1. The van der Waals surface area contributed by atoms with Gasteiger partial charge in [-0.15, -0.1) is 0 Å². The SMILES string of the molecule is CSCCc1nc2cc(C#N)ccc2n1C1CC1. The van der Waals surface area contributed by atoms with E-state index < -0.39 is 0 Å². The van der Waals surface area contributed by atoms with Crippen LogP contribution in [0.2, 0.25) is 0 Å². The number of aromatic nitrogens is 2. The zero-order valence-corrected chi connectivity index (χ0v) is 11.2. The molecule has 1 aliphatic carbocycles. The highest BCUT2D eigenvalue weighted by Crippen LogP contribution is 2.39. The summed E-state index contributed by atoms with van der Waals surface area (Å²) in [5.74, 6) is 2.28. The summed E-state index contributed by atoms with van der Waals surface area (Å²) in [6, 6.07) is 8.65. The molecule has 0 aliphatic heterocycles. The van der Waals surface area contributed by atoms with E-state index in [0.717, 1.165) is 17.7 Å². The summed E-state index contributed by atoms with van der Waals surface area (Å²) in [7, 11) is 0. The van der Waals surface area contributed by atoms with Crippen molar-refractivity contribution in [2.75, 3.05) is 12.0 Å². The minimum Gasteiger partial charge on any atom is -0.325 e. The molecule has 0 radical (unpaired) electrons. The minimum absolute atomic E-state index is 0.639. The van der Waals surface area contributed by atoms with Gasteiger partial charge in [0.15, 0.2) is 0 Å². The molecule has 0 bridgehead atoms. The first-order valence-electron chi connectivity index (χ1n) is 6.23. The van der Waals surface area contributed by atoms with Crippen LogP contribution in [0.4, 0.5) is 0 Å². The molecule has 1 aromatic carbocycles. The number of nitrogens with zero attached hydrogens (tertiary/aromatic N) is 3. The Morgan fingerprint density at radius 1 is 1.50 bits per heavy atom. The zero-order chi connectivity index (χ0) is 12.5. The second kappa shape index (κ2) is 4.66. The highest BCUT2D eigenvalue weighted by molar-refractivity contribution is 7.98. The Morgan fingerprint density at radius 3 is 3.00 bits per heavy atom. The molecule has 0 unspecified atom stereocenters. The fraction of sp³-hybridized carbons (Fsp3) is 0.429. The van der Waals surface area contributed by atoms with Crippen molar-refractivity contribution in [1.82, 2.24) is 9.55 Å². The molecule has 0 atom stereocenters. The third-order valence-electron chi connectivity index (χ3n) is 3.33. The van der Waals surface area contributed by atoms with Crippen LogP contribution in [0.15, 0.2) is 18.2 Å². The fourth-order valence-electron chi connectivity index (χ4n) is 2.33. The summed E-state index contributed by atoms with van der Waals surface area (Å²) in [5, 5.41) is 8.95. The minimum atomic E-state index is 0.639. The molecule has 0 spiro atoms. The lowest BCUT2D eigenvalue weighted by molar-refractivity contribution is 0.710. The first-order valence-corrected chi connectivity index (χ1v) is 7.63. The Labute approximate surface area is 111 Å². The van der Waals surface area contributed by atoms with Gasteiger partial charge in [0.1, 0.15) is 5.82 Å². The quantitative estimate of drug-likeness (QED) is 0.845. The van der Waals surface area contributed by atoms with Crippen LogP contribution < -0.4 is 0 Å². The van der Waals surface area contributed by atoms with Crippen molar-refractivity contribution < 1.29 is 0 Å². The molecule has 3 rings (SSSR count). The highest BCUT2D eigenvalue weighted by atomic mass is 32.2. The van der Waals surface area contributed by atoms with Crippen molar-refractivity contribution in [2.24, 2.45) is 0 Å². The number of fused-ring (bicyclic) bond motifs is 1. The van der Waals surface area contributed by atoms with E-state index in [9.17, 15) is 0 Å². The van der Waals surface area contributed by atoms with Crippen molar-refractivity contribution in [1.29, 1.82) is 5.26 Å².